The first-order valence-electron chi connectivity index (χ1n) is 13.0. The van der Waals surface area contributed by atoms with Gasteiger partial charge in [-0.15, -0.1) is 0 Å². The Kier molecular flexibility index (Phi) is 8.27. The molecular weight excluding hydrogens is 542 g/mol. The number of carbonyl (C=O) groups is 2. The van der Waals surface area contributed by atoms with Crippen LogP contribution in [0.3, 0.4) is 0 Å². The lowest BCUT2D eigenvalue weighted by atomic mass is 10.2. The van der Waals surface area contributed by atoms with E-state index in [1.807, 2.05) is 49.3 Å². The standard InChI is InChI=1S/C29H30ClN9O2/c1-36(2)15-8-13-25(40)32-21-9-7-12-23(17-21)39-27-20(14-16-38(29(39)41)22-10-5-4-6-11-22)18-31-28(34-27)33-24-19-37(3)35-26(24)30/h4-13,17-19H,14-16H2,1-3H3,(H,32,40)(H,31,33,34)/b13-8+. The number of para-hydroxylation sites is 1. The molecule has 2 N–H and O–H groups in total. The number of nitrogens with one attached hydrogen (secondary N) is 2. The van der Waals surface area contributed by atoms with Gasteiger partial charge in [-0.1, -0.05) is 41.9 Å². The number of hydrogen-bond donors (Lipinski definition) is 2. The average molecular weight is 572 g/mol. The number of likely N-dealkylation sites (N-methyl/N-ethyl adjacent to an activating group) is 1. The van der Waals surface area contributed by atoms with E-state index >= 15 is 0 Å². The van der Waals surface area contributed by atoms with Gasteiger partial charge < -0.3 is 15.5 Å². The number of carbonyl (C=O) groups excluding carboxylic acids is 2. The van der Waals surface area contributed by atoms with Crippen molar-refractivity contribution in [3.05, 3.63) is 89.9 Å². The first kappa shape index (κ1) is 27.8. The highest BCUT2D eigenvalue weighted by molar-refractivity contribution is 6.32. The molecule has 210 valence electrons. The lowest BCUT2D eigenvalue weighted by molar-refractivity contribution is -0.111. The van der Waals surface area contributed by atoms with Crippen LogP contribution in [0.15, 0.2) is 79.1 Å². The molecule has 0 saturated heterocycles. The summed E-state index contributed by atoms with van der Waals surface area (Å²) in [6.07, 6.45) is 7.24. The van der Waals surface area contributed by atoms with E-state index in [1.165, 1.54) is 6.08 Å². The molecule has 0 aliphatic carbocycles. The predicted octanol–water partition coefficient (Wildman–Crippen LogP) is 4.98. The van der Waals surface area contributed by atoms with Gasteiger partial charge in [0.1, 0.15) is 5.82 Å². The summed E-state index contributed by atoms with van der Waals surface area (Å²) in [6.45, 7) is 1.08. The van der Waals surface area contributed by atoms with Crippen LogP contribution in [0.4, 0.5) is 39.3 Å². The summed E-state index contributed by atoms with van der Waals surface area (Å²) < 4.78 is 1.58. The van der Waals surface area contributed by atoms with Gasteiger partial charge in [-0.2, -0.15) is 10.1 Å². The molecule has 2 aromatic carbocycles. The molecule has 1 aliphatic rings. The number of fused-ring (bicyclic) bond motifs is 1. The number of halogens is 1. The smallest absolute Gasteiger partial charge is 0.322 e. The average Bonchev–Trinajstić information content (AvgIpc) is 3.18. The van der Waals surface area contributed by atoms with Crippen LogP contribution in [-0.2, 0) is 18.3 Å². The Morgan fingerprint density at radius 1 is 1.12 bits per heavy atom. The molecule has 0 radical (unpaired) electrons. The van der Waals surface area contributed by atoms with E-state index in [2.05, 4.69) is 20.7 Å². The highest BCUT2D eigenvalue weighted by atomic mass is 35.5. The van der Waals surface area contributed by atoms with E-state index in [0.29, 0.717) is 42.4 Å². The largest absolute Gasteiger partial charge is 0.334 e. The van der Waals surface area contributed by atoms with Crippen LogP contribution in [0.1, 0.15) is 5.56 Å². The van der Waals surface area contributed by atoms with E-state index in [4.69, 9.17) is 16.6 Å². The maximum Gasteiger partial charge on any atom is 0.334 e. The quantitative estimate of drug-likeness (QED) is 0.287. The minimum atomic E-state index is -0.284. The van der Waals surface area contributed by atoms with Crippen LogP contribution < -0.4 is 20.4 Å². The number of benzene rings is 2. The lowest BCUT2D eigenvalue weighted by Gasteiger charge is -2.28. The highest BCUT2D eigenvalue weighted by Crippen LogP contribution is 2.35. The molecule has 0 spiro atoms. The van der Waals surface area contributed by atoms with Crippen molar-refractivity contribution in [1.82, 2.24) is 24.6 Å². The molecule has 0 fully saturated rings. The Labute approximate surface area is 243 Å². The molecule has 0 atom stereocenters. The van der Waals surface area contributed by atoms with Gasteiger partial charge in [-0.05, 0) is 50.8 Å². The highest BCUT2D eigenvalue weighted by Gasteiger charge is 2.32. The molecule has 0 saturated carbocycles. The number of aryl methyl sites for hydroxylation is 1. The second-order valence-corrected chi connectivity index (χ2v) is 10.1. The van der Waals surface area contributed by atoms with Crippen LogP contribution in [0.25, 0.3) is 0 Å². The molecule has 5 rings (SSSR count). The second-order valence-electron chi connectivity index (χ2n) is 9.73. The zero-order chi connectivity index (χ0) is 28.9. The van der Waals surface area contributed by atoms with Crippen LogP contribution in [-0.4, -0.2) is 63.8 Å². The molecule has 0 unspecified atom stereocenters. The number of hydrogen-bond acceptors (Lipinski definition) is 7. The van der Waals surface area contributed by atoms with Gasteiger partial charge in [0.25, 0.3) is 0 Å². The normalized spacial score (nSPS) is 13.4. The Hall–Kier alpha value is -4.74. The SMILES string of the molecule is CN(C)C/C=C/C(=O)Nc1cccc(N2C(=O)N(c3ccccc3)CCc3cnc(Nc4cn(C)nc4Cl)nc32)c1. The fourth-order valence-electron chi connectivity index (χ4n) is 4.39. The maximum absolute atomic E-state index is 14.2. The zero-order valence-electron chi connectivity index (χ0n) is 23.0. The summed E-state index contributed by atoms with van der Waals surface area (Å²) in [4.78, 5) is 41.2. The van der Waals surface area contributed by atoms with Crippen molar-refractivity contribution >= 4 is 58.1 Å². The third kappa shape index (κ3) is 6.53. The van der Waals surface area contributed by atoms with Crippen LogP contribution in [0.5, 0.6) is 0 Å². The van der Waals surface area contributed by atoms with Gasteiger partial charge in [0, 0.05) is 55.5 Å². The van der Waals surface area contributed by atoms with E-state index < -0.39 is 0 Å². The third-order valence-corrected chi connectivity index (χ3v) is 6.57. The zero-order valence-corrected chi connectivity index (χ0v) is 23.7. The van der Waals surface area contributed by atoms with Crippen LogP contribution in [0.2, 0.25) is 5.15 Å². The molecular formula is C29H30ClN9O2. The van der Waals surface area contributed by atoms with Gasteiger partial charge in [-0.3, -0.25) is 14.4 Å². The van der Waals surface area contributed by atoms with Crippen LogP contribution in [0, 0.1) is 0 Å². The molecule has 3 heterocycles. The number of anilines is 6. The maximum atomic E-state index is 14.2. The number of aromatic nitrogens is 4. The summed E-state index contributed by atoms with van der Waals surface area (Å²) in [6, 6.07) is 16.3. The fourth-order valence-corrected chi connectivity index (χ4v) is 4.61. The number of nitrogens with zero attached hydrogens (tertiary/aromatic N) is 7. The second kappa shape index (κ2) is 12.2. The van der Waals surface area contributed by atoms with Crippen molar-refractivity contribution in [2.24, 2.45) is 7.05 Å². The summed E-state index contributed by atoms with van der Waals surface area (Å²) >= 11 is 6.24. The summed E-state index contributed by atoms with van der Waals surface area (Å²) in [7, 11) is 5.62. The molecule has 1 aliphatic heterocycles. The van der Waals surface area contributed by atoms with E-state index in [1.54, 1.807) is 64.3 Å². The minimum absolute atomic E-state index is 0.264. The van der Waals surface area contributed by atoms with Crippen molar-refractivity contribution in [3.8, 4) is 0 Å². The Balaban J connectivity index is 1.53. The molecule has 4 aromatic rings. The van der Waals surface area contributed by atoms with E-state index in [0.717, 1.165) is 11.3 Å². The lowest BCUT2D eigenvalue weighted by Crippen LogP contribution is -2.40. The van der Waals surface area contributed by atoms with Crippen LogP contribution >= 0.6 is 11.6 Å². The van der Waals surface area contributed by atoms with Gasteiger partial charge in [0.2, 0.25) is 11.9 Å². The van der Waals surface area contributed by atoms with Gasteiger partial charge in [-0.25, -0.2) is 14.7 Å². The fraction of sp³-hybridized carbons (Fsp3) is 0.207. The molecule has 0 bridgehead atoms. The van der Waals surface area contributed by atoms with Crippen molar-refractivity contribution in [2.75, 3.05) is 47.6 Å². The van der Waals surface area contributed by atoms with Crippen molar-refractivity contribution in [3.63, 3.8) is 0 Å². The van der Waals surface area contributed by atoms with E-state index in [-0.39, 0.29) is 23.0 Å². The Morgan fingerprint density at radius 2 is 1.90 bits per heavy atom. The van der Waals surface area contributed by atoms with Gasteiger partial charge in [0.15, 0.2) is 5.15 Å². The molecule has 2 aromatic heterocycles. The molecule has 3 amide bonds. The van der Waals surface area contributed by atoms with E-state index in [9.17, 15) is 9.59 Å². The van der Waals surface area contributed by atoms with Crippen molar-refractivity contribution in [1.29, 1.82) is 0 Å². The Morgan fingerprint density at radius 3 is 2.63 bits per heavy atom. The molecule has 12 heteroatoms. The summed E-state index contributed by atoms with van der Waals surface area (Å²) in [5.74, 6) is 0.431. The number of amides is 3. The first-order chi connectivity index (χ1) is 19.8. The Bertz CT molecular complexity index is 1590. The third-order valence-electron chi connectivity index (χ3n) is 6.29. The number of urea groups is 1. The van der Waals surface area contributed by atoms with Crippen molar-refractivity contribution in [2.45, 2.75) is 6.42 Å². The van der Waals surface area contributed by atoms with Gasteiger partial charge >= 0.3 is 6.03 Å². The molecule has 11 nitrogen and oxygen atoms in total. The summed E-state index contributed by atoms with van der Waals surface area (Å²) in [5, 5.41) is 10.4. The monoisotopic (exact) mass is 571 g/mol. The minimum Gasteiger partial charge on any atom is -0.322 e. The first-order valence-corrected chi connectivity index (χ1v) is 13.4. The topological polar surface area (TPSA) is 112 Å². The predicted molar refractivity (Wildman–Crippen MR) is 161 cm³/mol. The number of rotatable bonds is 8. The molecule has 41 heavy (non-hydrogen) atoms. The summed E-state index contributed by atoms with van der Waals surface area (Å²) in [5.41, 5.74) is 3.18. The van der Waals surface area contributed by atoms with Crippen molar-refractivity contribution < 1.29 is 9.59 Å². The van der Waals surface area contributed by atoms with Gasteiger partial charge in [0.05, 0.1) is 11.4 Å².